The molecule has 134 valence electrons. The molecule has 0 saturated carbocycles. The predicted molar refractivity (Wildman–Crippen MR) is 93.0 cm³/mol. The van der Waals surface area contributed by atoms with E-state index in [0.29, 0.717) is 42.8 Å². The quantitative estimate of drug-likeness (QED) is 0.829. The van der Waals surface area contributed by atoms with Crippen molar-refractivity contribution in [3.8, 4) is 17.2 Å². The fourth-order valence-corrected chi connectivity index (χ4v) is 2.76. The van der Waals surface area contributed by atoms with E-state index in [1.54, 1.807) is 4.68 Å². The van der Waals surface area contributed by atoms with Gasteiger partial charge < -0.3 is 20.1 Å². The Morgan fingerprint density at radius 3 is 2.80 bits per heavy atom. The van der Waals surface area contributed by atoms with Crippen molar-refractivity contribution in [2.45, 2.75) is 6.92 Å². The van der Waals surface area contributed by atoms with Crippen LogP contribution in [-0.4, -0.2) is 53.7 Å². The van der Waals surface area contributed by atoms with Crippen LogP contribution in [-0.2, 0) is 0 Å². The standard InChI is InChI=1S/C16H19N5O3.ClH/c1-10-15(16(22)18-9-11-7-17-8-11)19-20-21(10)12-2-3-13-14(6-12)24-5-4-23-13;/h2-3,6,11,17H,4-5,7-9H2,1H3,(H,18,22);1H. The zero-order valence-electron chi connectivity index (χ0n) is 13.8. The van der Waals surface area contributed by atoms with Crippen LogP contribution in [0.15, 0.2) is 18.2 Å². The molecule has 2 aliphatic heterocycles. The highest BCUT2D eigenvalue weighted by Gasteiger charge is 2.22. The van der Waals surface area contributed by atoms with Crippen molar-refractivity contribution in [1.82, 2.24) is 25.6 Å². The number of halogens is 1. The number of hydrogen-bond acceptors (Lipinski definition) is 6. The van der Waals surface area contributed by atoms with Gasteiger partial charge in [0.15, 0.2) is 17.2 Å². The third-order valence-electron chi connectivity index (χ3n) is 4.30. The maximum atomic E-state index is 12.3. The number of ether oxygens (including phenoxy) is 2. The number of amides is 1. The first kappa shape index (κ1) is 17.5. The average molecular weight is 366 g/mol. The van der Waals surface area contributed by atoms with Crippen molar-refractivity contribution < 1.29 is 14.3 Å². The van der Waals surface area contributed by atoms with Gasteiger partial charge in [-0.3, -0.25) is 4.79 Å². The summed E-state index contributed by atoms with van der Waals surface area (Å²) in [4.78, 5) is 12.3. The number of aromatic nitrogens is 3. The minimum absolute atomic E-state index is 0. The third-order valence-corrected chi connectivity index (χ3v) is 4.30. The zero-order chi connectivity index (χ0) is 16.5. The highest BCUT2D eigenvalue weighted by atomic mass is 35.5. The second-order valence-electron chi connectivity index (χ2n) is 6.00. The first-order valence-corrected chi connectivity index (χ1v) is 8.03. The molecule has 1 fully saturated rings. The van der Waals surface area contributed by atoms with Crippen LogP contribution in [0.5, 0.6) is 11.5 Å². The Hall–Kier alpha value is -2.32. The molecule has 0 aliphatic carbocycles. The first-order chi connectivity index (χ1) is 11.7. The van der Waals surface area contributed by atoms with Crippen LogP contribution < -0.4 is 20.1 Å². The van der Waals surface area contributed by atoms with E-state index in [1.165, 1.54) is 0 Å². The van der Waals surface area contributed by atoms with Crippen molar-refractivity contribution >= 4 is 18.3 Å². The summed E-state index contributed by atoms with van der Waals surface area (Å²) in [6.07, 6.45) is 0. The predicted octanol–water partition coefficient (Wildman–Crippen LogP) is 0.718. The van der Waals surface area contributed by atoms with Crippen LogP contribution in [0.25, 0.3) is 5.69 Å². The van der Waals surface area contributed by atoms with Crippen molar-refractivity contribution in [3.63, 3.8) is 0 Å². The summed E-state index contributed by atoms with van der Waals surface area (Å²) in [6, 6.07) is 5.56. The molecule has 2 aliphatic rings. The first-order valence-electron chi connectivity index (χ1n) is 8.03. The fraction of sp³-hybridized carbons (Fsp3) is 0.438. The van der Waals surface area contributed by atoms with Gasteiger partial charge in [0.25, 0.3) is 5.91 Å². The molecular weight excluding hydrogens is 346 g/mol. The lowest BCUT2D eigenvalue weighted by Gasteiger charge is -2.26. The minimum Gasteiger partial charge on any atom is -0.486 e. The summed E-state index contributed by atoms with van der Waals surface area (Å²) in [5, 5.41) is 14.3. The van der Waals surface area contributed by atoms with Crippen LogP contribution in [0.1, 0.15) is 16.2 Å². The number of rotatable bonds is 4. The Labute approximate surface area is 151 Å². The van der Waals surface area contributed by atoms with Crippen LogP contribution in [0.3, 0.4) is 0 Å². The van der Waals surface area contributed by atoms with Gasteiger partial charge in [0, 0.05) is 31.6 Å². The highest BCUT2D eigenvalue weighted by molar-refractivity contribution is 5.93. The summed E-state index contributed by atoms with van der Waals surface area (Å²) < 4.78 is 12.7. The zero-order valence-corrected chi connectivity index (χ0v) is 14.6. The minimum atomic E-state index is -0.191. The number of benzene rings is 1. The van der Waals surface area contributed by atoms with Gasteiger partial charge in [0.05, 0.1) is 11.4 Å². The van der Waals surface area contributed by atoms with Crippen LogP contribution in [0.2, 0.25) is 0 Å². The number of nitrogens with one attached hydrogen (secondary N) is 2. The summed E-state index contributed by atoms with van der Waals surface area (Å²) >= 11 is 0. The van der Waals surface area contributed by atoms with E-state index in [1.807, 2.05) is 25.1 Å². The molecule has 0 radical (unpaired) electrons. The molecule has 8 nitrogen and oxygen atoms in total. The van der Waals surface area contributed by atoms with Gasteiger partial charge in [-0.15, -0.1) is 17.5 Å². The molecule has 0 atom stereocenters. The smallest absolute Gasteiger partial charge is 0.273 e. The number of carbonyl (C=O) groups is 1. The fourth-order valence-electron chi connectivity index (χ4n) is 2.76. The lowest BCUT2D eigenvalue weighted by atomic mass is 10.0. The molecule has 4 rings (SSSR count). The molecule has 0 bridgehead atoms. The normalized spacial score (nSPS) is 15.9. The molecule has 9 heteroatoms. The summed E-state index contributed by atoms with van der Waals surface area (Å²) in [5.41, 5.74) is 1.82. The molecule has 1 aromatic carbocycles. The SMILES string of the molecule is Cc1c(C(=O)NCC2CNC2)nnn1-c1ccc2c(c1)OCCO2.Cl. The van der Waals surface area contributed by atoms with Gasteiger partial charge in [-0.25, -0.2) is 4.68 Å². The van der Waals surface area contributed by atoms with E-state index >= 15 is 0 Å². The topological polar surface area (TPSA) is 90.3 Å². The third kappa shape index (κ3) is 3.40. The highest BCUT2D eigenvalue weighted by Crippen LogP contribution is 2.32. The van der Waals surface area contributed by atoms with E-state index in [-0.39, 0.29) is 18.3 Å². The molecule has 1 saturated heterocycles. The number of carbonyl (C=O) groups excluding carboxylic acids is 1. The Morgan fingerprint density at radius 2 is 2.08 bits per heavy atom. The Bertz CT molecular complexity index is 775. The van der Waals surface area contributed by atoms with Crippen LogP contribution in [0, 0.1) is 12.8 Å². The Morgan fingerprint density at radius 1 is 1.32 bits per heavy atom. The second-order valence-corrected chi connectivity index (χ2v) is 6.00. The Kier molecular flexibility index (Phi) is 5.10. The molecule has 25 heavy (non-hydrogen) atoms. The van der Waals surface area contributed by atoms with E-state index in [9.17, 15) is 4.79 Å². The molecule has 0 unspecified atom stereocenters. The lowest BCUT2D eigenvalue weighted by Crippen LogP contribution is -2.48. The lowest BCUT2D eigenvalue weighted by molar-refractivity contribution is 0.0936. The molecule has 1 aromatic heterocycles. The molecule has 0 spiro atoms. The van der Waals surface area contributed by atoms with Gasteiger partial charge in [0.2, 0.25) is 0 Å². The molecule has 1 amide bonds. The van der Waals surface area contributed by atoms with E-state index in [2.05, 4.69) is 20.9 Å². The van der Waals surface area contributed by atoms with E-state index < -0.39 is 0 Å². The van der Waals surface area contributed by atoms with Crippen molar-refractivity contribution in [2.24, 2.45) is 5.92 Å². The maximum absolute atomic E-state index is 12.3. The van der Waals surface area contributed by atoms with Gasteiger partial charge in [-0.2, -0.15) is 0 Å². The monoisotopic (exact) mass is 365 g/mol. The summed E-state index contributed by atoms with van der Waals surface area (Å²) in [7, 11) is 0. The largest absolute Gasteiger partial charge is 0.486 e. The molecule has 3 heterocycles. The van der Waals surface area contributed by atoms with Gasteiger partial charge in [-0.05, 0) is 19.1 Å². The van der Waals surface area contributed by atoms with Gasteiger partial charge in [0.1, 0.15) is 13.2 Å². The number of nitrogens with zero attached hydrogens (tertiary/aromatic N) is 3. The van der Waals surface area contributed by atoms with Crippen molar-refractivity contribution in [1.29, 1.82) is 0 Å². The molecular formula is C16H20ClN5O3. The van der Waals surface area contributed by atoms with Crippen molar-refractivity contribution in [3.05, 3.63) is 29.6 Å². The van der Waals surface area contributed by atoms with Crippen LogP contribution >= 0.6 is 12.4 Å². The molecule has 2 aromatic rings. The van der Waals surface area contributed by atoms with Gasteiger partial charge in [-0.1, -0.05) is 5.21 Å². The maximum Gasteiger partial charge on any atom is 0.273 e. The van der Waals surface area contributed by atoms with E-state index in [0.717, 1.165) is 24.5 Å². The van der Waals surface area contributed by atoms with Crippen LogP contribution in [0.4, 0.5) is 0 Å². The van der Waals surface area contributed by atoms with Gasteiger partial charge >= 0.3 is 0 Å². The summed E-state index contributed by atoms with van der Waals surface area (Å²) in [5.74, 6) is 1.71. The molecule has 2 N–H and O–H groups in total. The second kappa shape index (κ2) is 7.28. The number of hydrogen-bond donors (Lipinski definition) is 2. The Balaban J connectivity index is 0.00000182. The summed E-state index contributed by atoms with van der Waals surface area (Å²) in [6.45, 7) is 5.46. The van der Waals surface area contributed by atoms with Crippen molar-refractivity contribution in [2.75, 3.05) is 32.8 Å². The number of fused-ring (bicyclic) bond motifs is 1. The van der Waals surface area contributed by atoms with E-state index in [4.69, 9.17) is 9.47 Å². The average Bonchev–Trinajstić information content (AvgIpc) is 2.94.